The highest BCUT2D eigenvalue weighted by Crippen LogP contribution is 2.66. The summed E-state index contributed by atoms with van der Waals surface area (Å²) in [6.07, 6.45) is 22.9. The van der Waals surface area contributed by atoms with Crippen LogP contribution in [0.5, 0.6) is 5.75 Å². The number of ether oxygens (including phenoxy) is 1. The van der Waals surface area contributed by atoms with Gasteiger partial charge in [0.2, 0.25) is 0 Å². The first-order valence-corrected chi connectivity index (χ1v) is 25.0. The van der Waals surface area contributed by atoms with E-state index in [9.17, 15) is 0 Å². The predicted molar refractivity (Wildman–Crippen MR) is 271 cm³/mol. The third-order valence-corrected chi connectivity index (χ3v) is 13.8. The Kier molecular flexibility index (Phi) is 15.4. The van der Waals surface area contributed by atoms with Crippen LogP contribution in [0.4, 0.5) is 45.5 Å². The fraction of sp³-hybridized carbons (Fsp3) is 0.448. The molecule has 6 nitrogen and oxygen atoms in total. The van der Waals surface area contributed by atoms with E-state index in [0.29, 0.717) is 0 Å². The highest BCUT2D eigenvalue weighted by Gasteiger charge is 2.55. The van der Waals surface area contributed by atoms with Crippen LogP contribution in [-0.4, -0.2) is 26.7 Å². The Labute approximate surface area is 385 Å². The van der Waals surface area contributed by atoms with Crippen molar-refractivity contribution in [1.29, 1.82) is 0 Å². The first-order chi connectivity index (χ1) is 31.6. The van der Waals surface area contributed by atoms with E-state index < -0.39 is 5.41 Å². The summed E-state index contributed by atoms with van der Waals surface area (Å²) in [7, 11) is 1.67. The summed E-state index contributed by atoms with van der Waals surface area (Å²) < 4.78 is 5.32. The number of hydrogen-bond acceptors (Lipinski definition) is 6. The van der Waals surface area contributed by atoms with E-state index in [-0.39, 0.29) is 0 Å². The van der Waals surface area contributed by atoms with Crippen molar-refractivity contribution in [2.45, 2.75) is 142 Å². The van der Waals surface area contributed by atoms with Gasteiger partial charge in [-0.15, -0.1) is 0 Å². The lowest BCUT2D eigenvalue weighted by atomic mass is 9.61. The second-order valence-corrected chi connectivity index (χ2v) is 18.2. The summed E-state index contributed by atoms with van der Waals surface area (Å²) in [6, 6.07) is 37.3. The summed E-state index contributed by atoms with van der Waals surface area (Å²) >= 11 is 0. The number of methoxy groups -OCH3 is 1. The van der Waals surface area contributed by atoms with Gasteiger partial charge in [-0.25, -0.2) is 0 Å². The zero-order valence-electron chi connectivity index (χ0n) is 39.3. The molecule has 0 spiro atoms. The lowest BCUT2D eigenvalue weighted by Gasteiger charge is -2.54. The molecular weight excluding hydrogens is 783 g/mol. The van der Waals surface area contributed by atoms with Gasteiger partial charge in [-0.05, 0) is 104 Å². The monoisotopic (exact) mass is 854 g/mol. The molecule has 5 aromatic rings. The third kappa shape index (κ3) is 9.46. The number of hydrogen-bond donors (Lipinski definition) is 0. The summed E-state index contributed by atoms with van der Waals surface area (Å²) in [5.74, 6) is 8.80. The van der Waals surface area contributed by atoms with E-state index in [0.717, 1.165) is 42.3 Å². The number of nitrogens with zero attached hydrogens (tertiary/aromatic N) is 5. The fourth-order valence-corrected chi connectivity index (χ4v) is 10.5. The average Bonchev–Trinajstić information content (AvgIpc) is 3.33. The van der Waals surface area contributed by atoms with Crippen LogP contribution in [0.2, 0.25) is 0 Å². The molecule has 64 heavy (non-hydrogen) atoms. The van der Waals surface area contributed by atoms with Crippen molar-refractivity contribution in [2.75, 3.05) is 41.4 Å². The van der Waals surface area contributed by atoms with Crippen molar-refractivity contribution in [3.63, 3.8) is 0 Å². The molecule has 3 aliphatic heterocycles. The Morgan fingerprint density at radius 3 is 1.09 bits per heavy atom. The molecule has 0 saturated heterocycles. The number of benzene rings is 5. The second kappa shape index (κ2) is 21.9. The normalized spacial score (nSPS) is 13.8. The highest BCUT2D eigenvalue weighted by molar-refractivity contribution is 6.02. The Morgan fingerprint density at radius 2 is 0.750 bits per heavy atom. The van der Waals surface area contributed by atoms with Gasteiger partial charge in [-0.2, -0.15) is 10.2 Å². The van der Waals surface area contributed by atoms with Gasteiger partial charge in [-0.1, -0.05) is 147 Å². The average molecular weight is 854 g/mol. The summed E-state index contributed by atoms with van der Waals surface area (Å²) in [4.78, 5) is 8.06. The van der Waals surface area contributed by atoms with E-state index in [2.05, 4.69) is 124 Å². The molecule has 0 unspecified atom stereocenters. The van der Waals surface area contributed by atoms with Gasteiger partial charge in [-0.3, -0.25) is 0 Å². The van der Waals surface area contributed by atoms with Crippen molar-refractivity contribution in [2.24, 2.45) is 10.2 Å². The van der Waals surface area contributed by atoms with E-state index in [1.165, 1.54) is 166 Å². The first-order valence-electron chi connectivity index (χ1n) is 25.0. The number of azo groups is 1. The zero-order valence-corrected chi connectivity index (χ0v) is 39.3. The third-order valence-electron chi connectivity index (χ3n) is 13.8. The SMILES string of the molecule is CCCCCCCCN1c2cccc3c2C2(C#Cc4ccc(N=Nc5ccc(OC)cc5)cc4)c4c1cccc4N(CCCCCCCC)c1cccc(c12)N3CCCCCCCC. The van der Waals surface area contributed by atoms with Gasteiger partial charge in [0.1, 0.15) is 11.2 Å². The molecule has 0 aromatic heterocycles. The molecule has 0 bridgehead atoms. The van der Waals surface area contributed by atoms with Crippen molar-refractivity contribution in [1.82, 2.24) is 0 Å². The molecular formula is C58H71N5O. The maximum Gasteiger partial charge on any atom is 0.119 e. The van der Waals surface area contributed by atoms with Crippen LogP contribution in [0.25, 0.3) is 0 Å². The molecule has 0 atom stereocenters. The molecule has 3 heterocycles. The number of rotatable bonds is 24. The van der Waals surface area contributed by atoms with Gasteiger partial charge < -0.3 is 19.4 Å². The van der Waals surface area contributed by atoms with Crippen molar-refractivity contribution >= 4 is 45.5 Å². The lowest BCUT2D eigenvalue weighted by molar-refractivity contribution is 0.415. The summed E-state index contributed by atoms with van der Waals surface area (Å²) in [6.45, 7) is 9.92. The standard InChI is InChI=1S/C58H71N5O/c1-5-8-11-14-17-20-42-61-49-26-23-28-51-55(49)58(41-40-45-32-34-46(35-33-45)59-60-47-36-38-48(64-4)39-37-47)56-50(61)27-24-29-52(56)63(44-22-19-16-13-10-7-3)54-31-25-30-53(57(54)58)62(51)43-21-18-15-12-9-6-2/h23-39H,5-22,42-44H2,1-4H3. The minimum absolute atomic E-state index is 0.649. The van der Waals surface area contributed by atoms with Gasteiger partial charge >= 0.3 is 0 Å². The maximum atomic E-state index is 5.32. The largest absolute Gasteiger partial charge is 0.497 e. The maximum absolute atomic E-state index is 5.32. The molecule has 0 amide bonds. The first kappa shape index (κ1) is 45.0. The zero-order chi connectivity index (χ0) is 44.1. The molecule has 0 aliphatic carbocycles. The predicted octanol–water partition coefficient (Wildman–Crippen LogP) is 16.9. The molecule has 0 saturated carbocycles. The van der Waals surface area contributed by atoms with Crippen LogP contribution >= 0.6 is 0 Å². The minimum atomic E-state index is -0.649. The van der Waals surface area contributed by atoms with Gasteiger partial charge in [0.05, 0.1) is 18.5 Å². The van der Waals surface area contributed by atoms with E-state index in [1.54, 1.807) is 7.11 Å². The van der Waals surface area contributed by atoms with Crippen molar-refractivity contribution in [3.8, 4) is 17.6 Å². The molecule has 0 radical (unpaired) electrons. The van der Waals surface area contributed by atoms with Gasteiger partial charge in [0.25, 0.3) is 0 Å². The smallest absolute Gasteiger partial charge is 0.119 e. The number of unbranched alkanes of at least 4 members (excludes halogenated alkanes) is 15. The molecule has 3 aliphatic rings. The molecule has 0 N–H and O–H groups in total. The molecule has 0 fully saturated rings. The van der Waals surface area contributed by atoms with Gasteiger partial charge in [0.15, 0.2) is 0 Å². The Morgan fingerprint density at radius 1 is 0.422 bits per heavy atom. The van der Waals surface area contributed by atoms with E-state index in [4.69, 9.17) is 4.74 Å². The van der Waals surface area contributed by atoms with E-state index in [1.807, 2.05) is 36.4 Å². The second-order valence-electron chi connectivity index (χ2n) is 18.2. The van der Waals surface area contributed by atoms with Crippen LogP contribution in [0.15, 0.2) is 113 Å². The molecule has 334 valence electrons. The van der Waals surface area contributed by atoms with Crippen LogP contribution in [0, 0.1) is 11.8 Å². The highest BCUT2D eigenvalue weighted by atomic mass is 16.5. The lowest BCUT2D eigenvalue weighted by Crippen LogP contribution is -2.47. The summed E-state index contributed by atoms with van der Waals surface area (Å²) in [5, 5.41) is 9.05. The van der Waals surface area contributed by atoms with Crippen LogP contribution in [-0.2, 0) is 5.41 Å². The van der Waals surface area contributed by atoms with Crippen molar-refractivity contribution < 1.29 is 4.74 Å². The minimum Gasteiger partial charge on any atom is -0.497 e. The molecule has 6 heteroatoms. The molecule has 8 rings (SSSR count). The fourth-order valence-electron chi connectivity index (χ4n) is 10.5. The van der Waals surface area contributed by atoms with Crippen LogP contribution < -0.4 is 19.4 Å². The van der Waals surface area contributed by atoms with Gasteiger partial charge in [0, 0.05) is 76.0 Å². The van der Waals surface area contributed by atoms with Crippen molar-refractivity contribution in [3.05, 3.63) is 125 Å². The summed E-state index contributed by atoms with van der Waals surface area (Å²) in [5.41, 5.74) is 13.9. The Bertz CT molecular complexity index is 2150. The van der Waals surface area contributed by atoms with E-state index >= 15 is 0 Å². The molecule has 5 aromatic carbocycles. The van der Waals surface area contributed by atoms with Crippen LogP contribution in [0.3, 0.4) is 0 Å². The topological polar surface area (TPSA) is 43.7 Å². The number of anilines is 6. The Hall–Kier alpha value is -5.54. The Balaban J connectivity index is 1.25. The van der Waals surface area contributed by atoms with Crippen LogP contribution in [0.1, 0.15) is 159 Å². The quantitative estimate of drug-likeness (QED) is 0.0352.